The predicted octanol–water partition coefficient (Wildman–Crippen LogP) is 3.04. The van der Waals surface area contributed by atoms with Crippen molar-refractivity contribution in [2.45, 2.75) is 30.5 Å². The number of nitrogens with one attached hydrogen (secondary N) is 1. The standard InChI is InChI=1S/C18H20N4O3S/c1-24-10-7-8-14(25-2)11(9-10)16-15-12(5-4-6-13(15)23)19-17-20-18(26-3)21-22(16)17/h7-9,16H,4-6H2,1-3H3,(H,19,20,21). The molecule has 0 spiro atoms. The molecule has 0 fully saturated rings. The Kier molecular flexibility index (Phi) is 4.36. The van der Waals surface area contributed by atoms with Crippen molar-refractivity contribution in [3.63, 3.8) is 0 Å². The number of Topliss-reactive ketones (excluding diaryl/α,β-unsaturated/α-hetero) is 1. The summed E-state index contributed by atoms with van der Waals surface area (Å²) >= 11 is 1.47. The van der Waals surface area contributed by atoms with Crippen LogP contribution in [0.15, 0.2) is 34.6 Å². The zero-order valence-corrected chi connectivity index (χ0v) is 15.7. The van der Waals surface area contributed by atoms with Crippen molar-refractivity contribution in [3.05, 3.63) is 35.0 Å². The molecule has 0 saturated heterocycles. The van der Waals surface area contributed by atoms with E-state index in [1.807, 2.05) is 24.5 Å². The minimum Gasteiger partial charge on any atom is -0.497 e. The topological polar surface area (TPSA) is 78.3 Å². The van der Waals surface area contributed by atoms with Crippen molar-refractivity contribution >= 4 is 23.5 Å². The van der Waals surface area contributed by atoms with Crippen molar-refractivity contribution in [2.24, 2.45) is 0 Å². The van der Waals surface area contributed by atoms with E-state index in [2.05, 4.69) is 15.4 Å². The molecule has 136 valence electrons. The first-order valence-electron chi connectivity index (χ1n) is 8.42. The van der Waals surface area contributed by atoms with Crippen LogP contribution >= 0.6 is 11.8 Å². The van der Waals surface area contributed by atoms with E-state index in [1.54, 1.807) is 18.9 Å². The molecule has 1 aromatic heterocycles. The number of ketones is 1. The van der Waals surface area contributed by atoms with Crippen molar-refractivity contribution < 1.29 is 14.3 Å². The highest BCUT2D eigenvalue weighted by Crippen LogP contribution is 2.43. The third-order valence-electron chi connectivity index (χ3n) is 4.76. The number of anilines is 1. The Bertz CT molecular complexity index is 906. The Hall–Kier alpha value is -2.48. The number of thioether (sulfide) groups is 1. The number of nitrogens with zero attached hydrogens (tertiary/aromatic N) is 3. The van der Waals surface area contributed by atoms with Crippen molar-refractivity contribution in [1.29, 1.82) is 0 Å². The van der Waals surface area contributed by atoms with Gasteiger partial charge in [-0.05, 0) is 37.3 Å². The number of hydrogen-bond acceptors (Lipinski definition) is 7. The number of hydrogen-bond donors (Lipinski definition) is 1. The van der Waals surface area contributed by atoms with Crippen LogP contribution in [-0.4, -0.2) is 41.0 Å². The molecule has 2 aromatic rings. The lowest BCUT2D eigenvalue weighted by molar-refractivity contribution is -0.116. The number of carbonyl (C=O) groups excluding carboxylic acids is 1. The summed E-state index contributed by atoms with van der Waals surface area (Å²) in [4.78, 5) is 17.4. The van der Waals surface area contributed by atoms with E-state index in [0.29, 0.717) is 29.0 Å². The molecule has 1 N–H and O–H groups in total. The zero-order valence-electron chi connectivity index (χ0n) is 14.9. The third kappa shape index (κ3) is 2.65. The quantitative estimate of drug-likeness (QED) is 0.827. The summed E-state index contributed by atoms with van der Waals surface area (Å²) in [6, 6.07) is 5.23. The van der Waals surface area contributed by atoms with Crippen LogP contribution in [0.4, 0.5) is 5.95 Å². The van der Waals surface area contributed by atoms with Gasteiger partial charge in [0.1, 0.15) is 17.5 Å². The van der Waals surface area contributed by atoms with E-state index in [-0.39, 0.29) is 11.8 Å². The van der Waals surface area contributed by atoms with Gasteiger partial charge in [-0.25, -0.2) is 4.68 Å². The summed E-state index contributed by atoms with van der Waals surface area (Å²) in [5.74, 6) is 2.18. The summed E-state index contributed by atoms with van der Waals surface area (Å²) in [5, 5.41) is 8.58. The molecule has 0 saturated carbocycles. The Morgan fingerprint density at radius 1 is 1.27 bits per heavy atom. The van der Waals surface area contributed by atoms with Gasteiger partial charge in [0, 0.05) is 23.3 Å². The largest absolute Gasteiger partial charge is 0.497 e. The second-order valence-electron chi connectivity index (χ2n) is 6.17. The van der Waals surface area contributed by atoms with Crippen LogP contribution in [0.2, 0.25) is 0 Å². The Balaban J connectivity index is 1.96. The number of allylic oxidation sites excluding steroid dienone is 2. The second-order valence-corrected chi connectivity index (χ2v) is 6.94. The van der Waals surface area contributed by atoms with E-state index >= 15 is 0 Å². The van der Waals surface area contributed by atoms with Crippen molar-refractivity contribution in [3.8, 4) is 11.5 Å². The van der Waals surface area contributed by atoms with Crippen molar-refractivity contribution in [2.75, 3.05) is 25.8 Å². The fourth-order valence-corrected chi connectivity index (χ4v) is 3.91. The van der Waals surface area contributed by atoms with Gasteiger partial charge in [-0.1, -0.05) is 11.8 Å². The molecule has 7 nitrogen and oxygen atoms in total. The summed E-state index contributed by atoms with van der Waals surface area (Å²) in [6.07, 6.45) is 4.14. The normalized spacial score (nSPS) is 18.9. The number of aromatic nitrogens is 3. The minimum atomic E-state index is -0.382. The zero-order chi connectivity index (χ0) is 18.3. The van der Waals surface area contributed by atoms with Crippen LogP contribution in [0.5, 0.6) is 11.5 Å². The molecule has 1 aromatic carbocycles. The van der Waals surface area contributed by atoms with E-state index in [9.17, 15) is 4.79 Å². The number of carbonyl (C=O) groups is 1. The average Bonchev–Trinajstić information content (AvgIpc) is 3.08. The first-order chi connectivity index (χ1) is 12.7. The van der Waals surface area contributed by atoms with E-state index < -0.39 is 0 Å². The highest BCUT2D eigenvalue weighted by atomic mass is 32.2. The smallest absolute Gasteiger partial charge is 0.227 e. The predicted molar refractivity (Wildman–Crippen MR) is 99.0 cm³/mol. The molecular weight excluding hydrogens is 352 g/mol. The minimum absolute atomic E-state index is 0.139. The average molecular weight is 372 g/mol. The third-order valence-corrected chi connectivity index (χ3v) is 5.30. The van der Waals surface area contributed by atoms with Gasteiger partial charge in [0.15, 0.2) is 5.78 Å². The van der Waals surface area contributed by atoms with Crippen LogP contribution in [0, 0.1) is 0 Å². The Labute approximate surface area is 155 Å². The maximum atomic E-state index is 12.8. The molecule has 0 bridgehead atoms. The molecule has 8 heteroatoms. The molecule has 1 atom stereocenters. The molecule has 0 amide bonds. The maximum Gasteiger partial charge on any atom is 0.227 e. The fraction of sp³-hybridized carbons (Fsp3) is 0.389. The molecule has 0 radical (unpaired) electrons. The fourth-order valence-electron chi connectivity index (χ4n) is 3.56. The van der Waals surface area contributed by atoms with Gasteiger partial charge in [0.05, 0.1) is 14.2 Å². The molecule has 1 aliphatic carbocycles. The molecule has 1 aliphatic heterocycles. The van der Waals surface area contributed by atoms with Crippen LogP contribution in [0.3, 0.4) is 0 Å². The molecule has 4 rings (SSSR count). The van der Waals surface area contributed by atoms with Gasteiger partial charge in [0.2, 0.25) is 11.1 Å². The molecule has 26 heavy (non-hydrogen) atoms. The molecule has 2 heterocycles. The first kappa shape index (κ1) is 17.0. The highest BCUT2D eigenvalue weighted by Gasteiger charge is 2.38. The van der Waals surface area contributed by atoms with Crippen LogP contribution in [0.1, 0.15) is 30.9 Å². The van der Waals surface area contributed by atoms with Crippen molar-refractivity contribution in [1.82, 2.24) is 14.8 Å². The lowest BCUT2D eigenvalue weighted by Crippen LogP contribution is -2.31. The van der Waals surface area contributed by atoms with Gasteiger partial charge < -0.3 is 14.8 Å². The van der Waals surface area contributed by atoms with Gasteiger partial charge >= 0.3 is 0 Å². The van der Waals surface area contributed by atoms with E-state index in [0.717, 1.165) is 29.7 Å². The summed E-state index contributed by atoms with van der Waals surface area (Å²) in [7, 11) is 3.25. The van der Waals surface area contributed by atoms with Gasteiger partial charge in [-0.15, -0.1) is 5.10 Å². The van der Waals surface area contributed by atoms with Crippen LogP contribution in [0.25, 0.3) is 0 Å². The summed E-state index contributed by atoms with van der Waals surface area (Å²) in [6.45, 7) is 0. The van der Waals surface area contributed by atoms with Crippen LogP contribution in [-0.2, 0) is 4.79 Å². The summed E-state index contributed by atoms with van der Waals surface area (Å²) in [5.41, 5.74) is 2.52. The molecule has 1 unspecified atom stereocenters. The monoisotopic (exact) mass is 372 g/mol. The lowest BCUT2D eigenvalue weighted by Gasteiger charge is -2.32. The Morgan fingerprint density at radius 2 is 2.12 bits per heavy atom. The highest BCUT2D eigenvalue weighted by molar-refractivity contribution is 7.98. The number of rotatable bonds is 4. The lowest BCUT2D eigenvalue weighted by atomic mass is 9.85. The maximum absolute atomic E-state index is 12.8. The number of benzene rings is 1. The Morgan fingerprint density at radius 3 is 2.85 bits per heavy atom. The second kappa shape index (κ2) is 6.68. The van der Waals surface area contributed by atoms with Crippen LogP contribution < -0.4 is 14.8 Å². The van der Waals surface area contributed by atoms with E-state index in [4.69, 9.17) is 9.47 Å². The van der Waals surface area contributed by atoms with E-state index in [1.165, 1.54) is 11.8 Å². The van der Waals surface area contributed by atoms with Gasteiger partial charge in [0.25, 0.3) is 0 Å². The molecular formula is C18H20N4O3S. The van der Waals surface area contributed by atoms with Gasteiger partial charge in [-0.2, -0.15) is 4.98 Å². The first-order valence-corrected chi connectivity index (χ1v) is 9.64. The number of methoxy groups -OCH3 is 2. The number of fused-ring (bicyclic) bond motifs is 1. The van der Waals surface area contributed by atoms with Gasteiger partial charge in [-0.3, -0.25) is 4.79 Å². The number of ether oxygens (including phenoxy) is 2. The SMILES string of the molecule is COc1ccc(OC)c(C2C3=C(CCCC3=O)Nc3nc(SC)nn32)c1. The summed E-state index contributed by atoms with van der Waals surface area (Å²) < 4.78 is 12.8. The molecule has 2 aliphatic rings.